The summed E-state index contributed by atoms with van der Waals surface area (Å²) in [7, 11) is 0. The van der Waals surface area contributed by atoms with Gasteiger partial charge in [0.2, 0.25) is 5.89 Å². The average molecular weight is 465 g/mol. The molecule has 8 nitrogen and oxygen atoms in total. The number of anilines is 1. The number of aromatic nitrogens is 5. The fourth-order valence-electron chi connectivity index (χ4n) is 4.20. The summed E-state index contributed by atoms with van der Waals surface area (Å²) >= 11 is 5.98. The van der Waals surface area contributed by atoms with Gasteiger partial charge >= 0.3 is 0 Å². The van der Waals surface area contributed by atoms with E-state index in [1.165, 1.54) is 11.3 Å². The Balaban J connectivity index is 1.24. The number of halogens is 1. The Labute approximate surface area is 196 Å². The fraction of sp³-hybridized carbons (Fsp3) is 0.333. The van der Waals surface area contributed by atoms with Gasteiger partial charge < -0.3 is 14.1 Å². The van der Waals surface area contributed by atoms with Gasteiger partial charge in [0.1, 0.15) is 17.3 Å². The first kappa shape index (κ1) is 21.5. The van der Waals surface area contributed by atoms with E-state index in [1.807, 2.05) is 31.2 Å². The molecule has 0 radical (unpaired) electrons. The lowest BCUT2D eigenvalue weighted by Crippen LogP contribution is -2.31. The topological polar surface area (TPSA) is 93.0 Å². The molecule has 170 valence electrons. The molecule has 0 amide bonds. The van der Waals surface area contributed by atoms with Crippen molar-refractivity contribution in [3.63, 3.8) is 0 Å². The van der Waals surface area contributed by atoms with Gasteiger partial charge in [-0.05, 0) is 66.6 Å². The largest absolute Gasteiger partial charge is 0.493 e. The molecular weight excluding hydrogens is 440 g/mol. The van der Waals surface area contributed by atoms with Gasteiger partial charge in [-0.15, -0.1) is 5.10 Å². The van der Waals surface area contributed by atoms with Crippen LogP contribution < -0.4 is 9.64 Å². The van der Waals surface area contributed by atoms with E-state index >= 15 is 0 Å². The predicted molar refractivity (Wildman–Crippen MR) is 126 cm³/mol. The van der Waals surface area contributed by atoms with Crippen molar-refractivity contribution in [1.29, 1.82) is 0 Å². The summed E-state index contributed by atoms with van der Waals surface area (Å²) in [5.74, 6) is 3.16. The second-order valence-electron chi connectivity index (χ2n) is 8.07. The number of aromatic amines is 1. The van der Waals surface area contributed by atoms with Gasteiger partial charge in [0.15, 0.2) is 0 Å². The lowest BCUT2D eigenvalue weighted by Gasteiger charge is -2.32. The van der Waals surface area contributed by atoms with Crippen LogP contribution in [0.5, 0.6) is 5.75 Å². The summed E-state index contributed by atoms with van der Waals surface area (Å²) in [6, 6.07) is 13.8. The Morgan fingerprint density at radius 3 is 2.85 bits per heavy atom. The van der Waals surface area contributed by atoms with E-state index in [-0.39, 0.29) is 0 Å². The van der Waals surface area contributed by atoms with Gasteiger partial charge in [-0.1, -0.05) is 17.7 Å². The number of aryl methyl sites for hydroxylation is 1. The van der Waals surface area contributed by atoms with Crippen LogP contribution in [-0.2, 0) is 19.3 Å². The molecule has 0 fully saturated rings. The van der Waals surface area contributed by atoms with E-state index in [0.717, 1.165) is 60.9 Å². The molecule has 1 aliphatic rings. The molecule has 0 aliphatic carbocycles. The van der Waals surface area contributed by atoms with Crippen molar-refractivity contribution in [2.75, 3.05) is 24.6 Å². The second kappa shape index (κ2) is 9.62. The normalized spacial score (nSPS) is 13.2. The molecule has 2 aromatic carbocycles. The van der Waals surface area contributed by atoms with Crippen molar-refractivity contribution < 1.29 is 9.15 Å². The van der Waals surface area contributed by atoms with Crippen LogP contribution in [0.3, 0.4) is 0 Å². The first-order valence-corrected chi connectivity index (χ1v) is 11.5. The van der Waals surface area contributed by atoms with Crippen molar-refractivity contribution in [2.45, 2.75) is 32.6 Å². The number of hydrogen-bond donors (Lipinski definition) is 1. The van der Waals surface area contributed by atoms with Crippen LogP contribution in [0.1, 0.15) is 29.3 Å². The highest BCUT2D eigenvalue weighted by Crippen LogP contribution is 2.34. The SMILES string of the molecule is Cc1oc(-c2ccc(Cl)cc2)nc1CCOc1cccc2c1CCCN2CCc1nnn[nH]1. The number of nitrogens with zero attached hydrogens (tertiary/aromatic N) is 5. The number of ether oxygens (including phenoxy) is 1. The number of H-pyrrole nitrogens is 1. The molecule has 2 aromatic heterocycles. The molecule has 3 heterocycles. The molecule has 4 aromatic rings. The Morgan fingerprint density at radius 1 is 1.15 bits per heavy atom. The van der Waals surface area contributed by atoms with E-state index in [1.54, 1.807) is 0 Å². The molecule has 5 rings (SSSR count). The zero-order chi connectivity index (χ0) is 22.6. The van der Waals surface area contributed by atoms with Gasteiger partial charge in [-0.3, -0.25) is 0 Å². The maximum atomic E-state index is 6.23. The van der Waals surface area contributed by atoms with Crippen LogP contribution >= 0.6 is 11.6 Å². The Bertz CT molecular complexity index is 1210. The van der Waals surface area contributed by atoms with Crippen LogP contribution in [0.25, 0.3) is 11.5 Å². The van der Waals surface area contributed by atoms with Gasteiger partial charge in [0.05, 0.1) is 12.3 Å². The predicted octanol–water partition coefficient (Wildman–Crippen LogP) is 4.43. The number of rotatable bonds is 8. The Morgan fingerprint density at radius 2 is 2.03 bits per heavy atom. The molecule has 1 aliphatic heterocycles. The second-order valence-corrected chi connectivity index (χ2v) is 8.51. The first-order chi connectivity index (χ1) is 16.2. The third-order valence-electron chi connectivity index (χ3n) is 5.89. The summed E-state index contributed by atoms with van der Waals surface area (Å²) in [4.78, 5) is 7.06. The quantitative estimate of drug-likeness (QED) is 0.412. The van der Waals surface area contributed by atoms with Crippen molar-refractivity contribution in [2.24, 2.45) is 0 Å². The van der Waals surface area contributed by atoms with Crippen LogP contribution in [-0.4, -0.2) is 45.3 Å². The number of nitrogens with one attached hydrogen (secondary N) is 1. The smallest absolute Gasteiger partial charge is 0.226 e. The molecule has 0 atom stereocenters. The van der Waals surface area contributed by atoms with E-state index in [9.17, 15) is 0 Å². The summed E-state index contributed by atoms with van der Waals surface area (Å²) < 4.78 is 12.1. The van der Waals surface area contributed by atoms with Crippen molar-refractivity contribution in [1.82, 2.24) is 25.6 Å². The Hall–Kier alpha value is -3.39. The van der Waals surface area contributed by atoms with Crippen molar-refractivity contribution >= 4 is 17.3 Å². The summed E-state index contributed by atoms with van der Waals surface area (Å²) in [5, 5.41) is 14.8. The minimum absolute atomic E-state index is 0.535. The molecule has 0 bridgehead atoms. The highest BCUT2D eigenvalue weighted by molar-refractivity contribution is 6.30. The van der Waals surface area contributed by atoms with Gasteiger partial charge in [0, 0.05) is 47.8 Å². The third kappa shape index (κ3) is 4.85. The molecule has 0 saturated carbocycles. The van der Waals surface area contributed by atoms with E-state index in [2.05, 4.69) is 48.7 Å². The lowest BCUT2D eigenvalue weighted by atomic mass is 10.0. The molecular formula is C24H25ClN6O2. The Kier molecular flexibility index (Phi) is 6.26. The fourth-order valence-corrected chi connectivity index (χ4v) is 4.32. The molecule has 0 spiro atoms. The number of hydrogen-bond acceptors (Lipinski definition) is 7. The van der Waals surface area contributed by atoms with Gasteiger partial charge in [0.25, 0.3) is 0 Å². The number of tetrazole rings is 1. The van der Waals surface area contributed by atoms with Gasteiger partial charge in [-0.25, -0.2) is 10.1 Å². The van der Waals surface area contributed by atoms with Crippen molar-refractivity contribution in [3.8, 4) is 17.2 Å². The maximum absolute atomic E-state index is 6.23. The first-order valence-electron chi connectivity index (χ1n) is 11.1. The zero-order valence-electron chi connectivity index (χ0n) is 18.4. The molecule has 33 heavy (non-hydrogen) atoms. The monoisotopic (exact) mass is 464 g/mol. The number of oxazole rings is 1. The molecule has 9 heteroatoms. The zero-order valence-corrected chi connectivity index (χ0v) is 19.2. The molecule has 0 unspecified atom stereocenters. The minimum atomic E-state index is 0.535. The maximum Gasteiger partial charge on any atom is 0.226 e. The molecule has 0 saturated heterocycles. The van der Waals surface area contributed by atoms with Crippen LogP contribution in [0, 0.1) is 6.92 Å². The minimum Gasteiger partial charge on any atom is -0.493 e. The van der Waals surface area contributed by atoms with E-state index in [4.69, 9.17) is 20.8 Å². The van der Waals surface area contributed by atoms with E-state index < -0.39 is 0 Å². The summed E-state index contributed by atoms with van der Waals surface area (Å²) in [5.41, 5.74) is 4.31. The lowest BCUT2D eigenvalue weighted by molar-refractivity contribution is 0.316. The number of fused-ring (bicyclic) bond motifs is 1. The molecule has 1 N–H and O–H groups in total. The average Bonchev–Trinajstić information content (AvgIpc) is 3.48. The van der Waals surface area contributed by atoms with Crippen LogP contribution in [0.4, 0.5) is 5.69 Å². The van der Waals surface area contributed by atoms with Crippen LogP contribution in [0.15, 0.2) is 46.9 Å². The highest BCUT2D eigenvalue weighted by atomic mass is 35.5. The van der Waals surface area contributed by atoms with Crippen LogP contribution in [0.2, 0.25) is 5.02 Å². The number of benzene rings is 2. The third-order valence-corrected chi connectivity index (χ3v) is 6.14. The van der Waals surface area contributed by atoms with E-state index in [0.29, 0.717) is 23.9 Å². The summed E-state index contributed by atoms with van der Waals surface area (Å²) in [6.45, 7) is 4.35. The van der Waals surface area contributed by atoms with Crippen molar-refractivity contribution in [3.05, 3.63) is 70.3 Å². The highest BCUT2D eigenvalue weighted by Gasteiger charge is 2.20. The van der Waals surface area contributed by atoms with Gasteiger partial charge in [-0.2, -0.15) is 0 Å². The summed E-state index contributed by atoms with van der Waals surface area (Å²) in [6.07, 6.45) is 3.55. The standard InChI is InChI=1S/C24H25ClN6O2/c1-16-20(26-24(33-16)17-7-9-18(25)10-8-17)12-15-32-22-6-2-5-21-19(22)4-3-13-31(21)14-11-23-27-29-30-28-23/h2,5-10H,3-4,11-15H2,1H3,(H,27,28,29,30).